The molecule has 0 rings (SSSR count). The lowest BCUT2D eigenvalue weighted by atomic mass is 9.80. The van der Waals surface area contributed by atoms with Crippen molar-refractivity contribution in [1.29, 1.82) is 0 Å². The van der Waals surface area contributed by atoms with E-state index in [1.165, 1.54) is 0 Å². The van der Waals surface area contributed by atoms with Crippen LogP contribution in [0.25, 0.3) is 0 Å². The Kier molecular flexibility index (Phi) is 7.31. The van der Waals surface area contributed by atoms with Gasteiger partial charge in [0.1, 0.15) is 0 Å². The Morgan fingerprint density at radius 3 is 2.00 bits per heavy atom. The Balaban J connectivity index is 4.45. The van der Waals surface area contributed by atoms with Crippen molar-refractivity contribution in [2.45, 2.75) is 53.0 Å². The van der Waals surface area contributed by atoms with Crippen molar-refractivity contribution in [3.63, 3.8) is 0 Å². The van der Waals surface area contributed by atoms with Gasteiger partial charge in [0.15, 0.2) is 0 Å². The summed E-state index contributed by atoms with van der Waals surface area (Å²) < 4.78 is 0. The van der Waals surface area contributed by atoms with Crippen molar-refractivity contribution in [1.82, 2.24) is 5.32 Å². The van der Waals surface area contributed by atoms with E-state index in [0.717, 1.165) is 17.1 Å². The lowest BCUT2D eigenvalue weighted by Crippen LogP contribution is -2.51. The van der Waals surface area contributed by atoms with Crippen molar-refractivity contribution in [3.8, 4) is 0 Å². The molecule has 1 unspecified atom stereocenters. The summed E-state index contributed by atoms with van der Waals surface area (Å²) in [5, 5.41) is 4.70. The van der Waals surface area contributed by atoms with Gasteiger partial charge in [-0.1, -0.05) is 66.5 Å². The maximum absolute atomic E-state index is 12.0. The molecule has 2 nitrogen and oxygen atoms in total. The largest absolute Gasteiger partial charge is 0.349 e. The summed E-state index contributed by atoms with van der Waals surface area (Å²) in [5.74, 6) is 0.524. The van der Waals surface area contributed by atoms with Crippen molar-refractivity contribution in [2.75, 3.05) is 10.7 Å². The van der Waals surface area contributed by atoms with E-state index < -0.39 is 0 Å². The summed E-state index contributed by atoms with van der Waals surface area (Å²) in [4.78, 5) is 12.0. The highest BCUT2D eigenvalue weighted by molar-refractivity contribution is 9.09. The number of carbonyl (C=O) groups excluding carboxylic acids is 1. The lowest BCUT2D eigenvalue weighted by molar-refractivity contribution is -0.124. The van der Waals surface area contributed by atoms with Gasteiger partial charge in [-0.25, -0.2) is 0 Å². The van der Waals surface area contributed by atoms with Gasteiger partial charge in [-0.05, 0) is 17.8 Å². The van der Waals surface area contributed by atoms with Gasteiger partial charge in [0.25, 0.3) is 0 Å². The molecule has 0 fully saturated rings. The van der Waals surface area contributed by atoms with E-state index in [0.29, 0.717) is 12.3 Å². The highest BCUT2D eigenvalue weighted by atomic mass is 79.9. The van der Waals surface area contributed by atoms with Crippen LogP contribution in [0.3, 0.4) is 0 Å². The van der Waals surface area contributed by atoms with Crippen LogP contribution < -0.4 is 5.32 Å². The van der Waals surface area contributed by atoms with Crippen LogP contribution in [0.5, 0.6) is 0 Å². The molecule has 0 saturated heterocycles. The van der Waals surface area contributed by atoms with Crippen molar-refractivity contribution in [3.05, 3.63) is 0 Å². The smallest absolute Gasteiger partial charge is 0.220 e. The Hall–Kier alpha value is 0.430. The van der Waals surface area contributed by atoms with E-state index >= 15 is 0 Å². The first-order valence-electron chi connectivity index (χ1n) is 6.13. The summed E-state index contributed by atoms with van der Waals surface area (Å²) in [6.45, 7) is 10.7. The zero-order valence-electron chi connectivity index (χ0n) is 11.6. The second-order valence-electron chi connectivity index (χ2n) is 5.92. The predicted molar refractivity (Wildman–Crippen MR) is 82.0 cm³/mol. The molecule has 1 atom stereocenters. The molecule has 0 spiro atoms. The first kappa shape index (κ1) is 17.4. The number of amides is 1. The Morgan fingerprint density at radius 1 is 1.24 bits per heavy atom. The number of hydrogen-bond acceptors (Lipinski definition) is 1. The molecule has 0 aromatic heterocycles. The number of alkyl halides is 2. The molecule has 102 valence electrons. The second kappa shape index (κ2) is 7.13. The van der Waals surface area contributed by atoms with E-state index in [1.807, 2.05) is 0 Å². The lowest BCUT2D eigenvalue weighted by Gasteiger charge is -2.32. The van der Waals surface area contributed by atoms with Crippen LogP contribution in [-0.4, -0.2) is 22.1 Å². The molecule has 17 heavy (non-hydrogen) atoms. The molecular formula is C13H25Br2NO. The second-order valence-corrected chi connectivity index (χ2v) is 7.04. The third-order valence-electron chi connectivity index (χ3n) is 3.56. The molecule has 0 aromatic rings. The first-order chi connectivity index (χ1) is 7.70. The highest BCUT2D eigenvalue weighted by Crippen LogP contribution is 2.28. The van der Waals surface area contributed by atoms with Crippen molar-refractivity contribution < 1.29 is 4.79 Å². The molecule has 0 saturated carbocycles. The van der Waals surface area contributed by atoms with Gasteiger partial charge in [0.05, 0.1) is 5.54 Å². The SMILES string of the molecule is CCC(CBr)(CBr)NC(=O)CC(C)C(C)(C)C. The molecule has 0 aromatic carbocycles. The van der Waals surface area contributed by atoms with Gasteiger partial charge >= 0.3 is 0 Å². The standard InChI is InChI=1S/C13H25Br2NO/c1-6-13(8-14,9-15)16-11(17)7-10(2)12(3,4)5/h10H,6-9H2,1-5H3,(H,16,17). The van der Waals surface area contributed by atoms with Gasteiger partial charge in [-0.15, -0.1) is 0 Å². The van der Waals surface area contributed by atoms with Crippen molar-refractivity contribution >= 4 is 37.8 Å². The van der Waals surface area contributed by atoms with E-state index in [2.05, 4.69) is 71.8 Å². The molecular weight excluding hydrogens is 346 g/mol. The average Bonchev–Trinajstić information content (AvgIpc) is 2.24. The Bertz CT molecular complexity index is 236. The summed E-state index contributed by atoms with van der Waals surface area (Å²) in [6, 6.07) is 0. The van der Waals surface area contributed by atoms with Crippen LogP contribution >= 0.6 is 31.9 Å². The Labute approximate surface area is 123 Å². The first-order valence-corrected chi connectivity index (χ1v) is 8.38. The molecule has 0 aliphatic carbocycles. The number of rotatable bonds is 6. The maximum atomic E-state index is 12.0. The topological polar surface area (TPSA) is 29.1 Å². The van der Waals surface area contributed by atoms with Gasteiger partial charge in [-0.3, -0.25) is 4.79 Å². The zero-order chi connectivity index (χ0) is 13.7. The molecule has 0 radical (unpaired) electrons. The minimum atomic E-state index is -0.158. The summed E-state index contributed by atoms with van der Waals surface area (Å²) in [6.07, 6.45) is 1.50. The molecule has 1 amide bonds. The van der Waals surface area contributed by atoms with E-state index in [4.69, 9.17) is 0 Å². The summed E-state index contributed by atoms with van der Waals surface area (Å²) >= 11 is 6.97. The molecule has 0 aliphatic rings. The monoisotopic (exact) mass is 369 g/mol. The molecule has 1 N–H and O–H groups in total. The fraction of sp³-hybridized carbons (Fsp3) is 0.923. The molecule has 0 bridgehead atoms. The van der Waals surface area contributed by atoms with Crippen LogP contribution in [-0.2, 0) is 4.79 Å². The highest BCUT2D eigenvalue weighted by Gasteiger charge is 2.29. The van der Waals surface area contributed by atoms with Gasteiger partial charge in [0, 0.05) is 17.1 Å². The quantitative estimate of drug-likeness (QED) is 0.700. The van der Waals surface area contributed by atoms with E-state index in [-0.39, 0.29) is 16.9 Å². The molecule has 0 aliphatic heterocycles. The summed E-state index contributed by atoms with van der Waals surface area (Å²) in [5.41, 5.74) is 0.0176. The minimum Gasteiger partial charge on any atom is -0.349 e. The molecule has 0 heterocycles. The number of hydrogen-bond donors (Lipinski definition) is 1. The van der Waals surface area contributed by atoms with Gasteiger partial charge < -0.3 is 5.32 Å². The number of nitrogens with one attached hydrogen (secondary N) is 1. The van der Waals surface area contributed by atoms with Crippen LogP contribution in [0.1, 0.15) is 47.5 Å². The van der Waals surface area contributed by atoms with Crippen molar-refractivity contribution in [2.24, 2.45) is 11.3 Å². The van der Waals surface area contributed by atoms with Gasteiger partial charge in [0.2, 0.25) is 5.91 Å². The third-order valence-corrected chi connectivity index (χ3v) is 5.71. The van der Waals surface area contributed by atoms with Crippen LogP contribution in [0.4, 0.5) is 0 Å². The van der Waals surface area contributed by atoms with Crippen LogP contribution in [0.15, 0.2) is 0 Å². The van der Waals surface area contributed by atoms with Crippen LogP contribution in [0.2, 0.25) is 0 Å². The normalized spacial score (nSPS) is 14.5. The fourth-order valence-corrected chi connectivity index (χ4v) is 3.31. The number of halogens is 2. The van der Waals surface area contributed by atoms with E-state index in [1.54, 1.807) is 0 Å². The van der Waals surface area contributed by atoms with E-state index in [9.17, 15) is 4.79 Å². The van der Waals surface area contributed by atoms with Crippen LogP contribution in [0, 0.1) is 11.3 Å². The minimum absolute atomic E-state index is 0.146. The zero-order valence-corrected chi connectivity index (χ0v) is 14.7. The fourth-order valence-electron chi connectivity index (χ4n) is 1.31. The Morgan fingerprint density at radius 2 is 1.71 bits per heavy atom. The molecule has 4 heteroatoms. The predicted octanol–water partition coefficient (Wildman–Crippen LogP) is 4.11. The third kappa shape index (κ3) is 5.73. The maximum Gasteiger partial charge on any atom is 0.220 e. The number of carbonyl (C=O) groups is 1. The average molecular weight is 371 g/mol. The van der Waals surface area contributed by atoms with Gasteiger partial charge in [-0.2, -0.15) is 0 Å². The summed E-state index contributed by atoms with van der Waals surface area (Å²) in [7, 11) is 0.